The summed E-state index contributed by atoms with van der Waals surface area (Å²) in [6, 6.07) is 16.2. The lowest BCUT2D eigenvalue weighted by Crippen LogP contribution is -2.30. The number of nitrogens with zero attached hydrogens (tertiary/aromatic N) is 1. The van der Waals surface area contributed by atoms with Gasteiger partial charge in [-0.15, -0.1) is 0 Å². The number of para-hydroxylation sites is 1. The topological polar surface area (TPSA) is 44.1 Å². The number of furan rings is 1. The van der Waals surface area contributed by atoms with Gasteiger partial charge >= 0.3 is 5.79 Å². The van der Waals surface area contributed by atoms with E-state index >= 15 is 0 Å². The average molecular weight is 492 g/mol. The number of rotatable bonds is 15. The van der Waals surface area contributed by atoms with Gasteiger partial charge < -0.3 is 18.6 Å². The Morgan fingerprint density at radius 3 is 2.11 bits per heavy atom. The van der Waals surface area contributed by atoms with E-state index < -0.39 is 5.79 Å². The highest BCUT2D eigenvalue weighted by Crippen LogP contribution is 2.45. The second kappa shape index (κ2) is 12.9. The quantitative estimate of drug-likeness (QED) is 0.217. The van der Waals surface area contributed by atoms with Crippen molar-refractivity contribution in [2.75, 3.05) is 26.2 Å². The van der Waals surface area contributed by atoms with Crippen LogP contribution >= 0.6 is 0 Å². The second-order valence-electron chi connectivity index (χ2n) is 9.55. The molecule has 0 N–H and O–H groups in total. The van der Waals surface area contributed by atoms with Crippen LogP contribution in [-0.2, 0) is 21.7 Å². The fourth-order valence-corrected chi connectivity index (χ4v) is 4.81. The fraction of sp³-hybridized carbons (Fsp3) is 0.484. The zero-order chi connectivity index (χ0) is 25.2. The van der Waals surface area contributed by atoms with Crippen molar-refractivity contribution in [3.63, 3.8) is 0 Å². The summed E-state index contributed by atoms with van der Waals surface area (Å²) >= 11 is 0. The minimum Gasteiger partial charge on any atom is -0.492 e. The maximum absolute atomic E-state index is 6.30. The molecule has 0 bridgehead atoms. The molecular weight excluding hydrogens is 450 g/mol. The third-order valence-electron chi connectivity index (χ3n) is 6.84. The van der Waals surface area contributed by atoms with E-state index in [2.05, 4.69) is 31.7 Å². The van der Waals surface area contributed by atoms with Crippen LogP contribution in [0.5, 0.6) is 5.75 Å². The molecule has 0 aliphatic carbocycles. The second-order valence-corrected chi connectivity index (χ2v) is 9.55. The Hall–Kier alpha value is -2.92. The molecule has 5 heteroatoms. The molecule has 2 aromatic carbocycles. The molecule has 1 aliphatic heterocycles. The molecule has 1 aliphatic rings. The molecule has 0 radical (unpaired) electrons. The smallest absolute Gasteiger partial charge is 0.308 e. The third-order valence-corrected chi connectivity index (χ3v) is 6.84. The van der Waals surface area contributed by atoms with Gasteiger partial charge in [0.25, 0.3) is 0 Å². The summed E-state index contributed by atoms with van der Waals surface area (Å²) in [5, 5.41) is 1.02. The van der Waals surface area contributed by atoms with E-state index in [0.717, 1.165) is 72.5 Å². The Morgan fingerprint density at radius 2 is 1.44 bits per heavy atom. The number of aryl methyl sites for hydroxylation is 1. The van der Waals surface area contributed by atoms with Crippen LogP contribution in [0, 0.1) is 0 Å². The molecule has 0 spiro atoms. The first-order chi connectivity index (χ1) is 17.7. The van der Waals surface area contributed by atoms with E-state index in [9.17, 15) is 0 Å². The van der Waals surface area contributed by atoms with Crippen molar-refractivity contribution in [1.29, 1.82) is 0 Å². The number of unbranched alkanes of at least 4 members (excludes halogenated alkanes) is 3. The molecular formula is C31H41NO4. The molecule has 0 fully saturated rings. The van der Waals surface area contributed by atoms with Crippen molar-refractivity contribution in [2.45, 2.75) is 71.5 Å². The average Bonchev–Trinajstić information content (AvgIpc) is 3.54. The number of fused-ring (bicyclic) bond motifs is 1. The monoisotopic (exact) mass is 491 g/mol. The Kier molecular flexibility index (Phi) is 9.35. The number of hydrogen-bond acceptors (Lipinski definition) is 5. The van der Waals surface area contributed by atoms with Gasteiger partial charge in [0.05, 0.1) is 5.56 Å². The summed E-state index contributed by atoms with van der Waals surface area (Å²) < 4.78 is 24.9. The summed E-state index contributed by atoms with van der Waals surface area (Å²) in [5.41, 5.74) is 2.72. The maximum atomic E-state index is 6.30. The maximum Gasteiger partial charge on any atom is 0.308 e. The number of benzene rings is 2. The number of hydrogen-bond donors (Lipinski definition) is 0. The van der Waals surface area contributed by atoms with E-state index in [-0.39, 0.29) is 0 Å². The predicted molar refractivity (Wildman–Crippen MR) is 145 cm³/mol. The SMILES string of the molecule is CCCCc1oc2ccccc2c1C1(c2ccc(OCCN(CCCC)CCCC)cc2)OC=CO1. The van der Waals surface area contributed by atoms with Gasteiger partial charge in [-0.05, 0) is 62.7 Å². The summed E-state index contributed by atoms with van der Waals surface area (Å²) in [7, 11) is 0. The van der Waals surface area contributed by atoms with E-state index in [1.807, 2.05) is 42.5 Å². The van der Waals surface area contributed by atoms with E-state index in [1.165, 1.54) is 25.7 Å². The van der Waals surface area contributed by atoms with E-state index in [0.29, 0.717) is 6.61 Å². The molecule has 194 valence electrons. The highest BCUT2D eigenvalue weighted by molar-refractivity contribution is 5.84. The first-order valence-corrected chi connectivity index (χ1v) is 13.7. The zero-order valence-electron chi connectivity index (χ0n) is 22.1. The molecule has 0 saturated carbocycles. The molecule has 0 amide bonds. The molecule has 3 aromatic rings. The van der Waals surface area contributed by atoms with Gasteiger partial charge in [0, 0.05) is 23.9 Å². The normalized spacial score (nSPS) is 14.3. The van der Waals surface area contributed by atoms with Crippen LogP contribution in [-0.4, -0.2) is 31.1 Å². The molecule has 5 nitrogen and oxygen atoms in total. The summed E-state index contributed by atoms with van der Waals surface area (Å²) in [4.78, 5) is 2.52. The lowest BCUT2D eigenvalue weighted by atomic mass is 9.93. The lowest BCUT2D eigenvalue weighted by Gasteiger charge is -2.29. The van der Waals surface area contributed by atoms with Gasteiger partial charge in [-0.2, -0.15) is 0 Å². The van der Waals surface area contributed by atoms with Crippen LogP contribution in [0.4, 0.5) is 0 Å². The summed E-state index contributed by atoms with van der Waals surface area (Å²) in [5.74, 6) is 0.709. The Morgan fingerprint density at radius 1 is 0.778 bits per heavy atom. The highest BCUT2D eigenvalue weighted by Gasteiger charge is 2.45. The molecule has 36 heavy (non-hydrogen) atoms. The van der Waals surface area contributed by atoms with Crippen LogP contribution < -0.4 is 4.74 Å². The van der Waals surface area contributed by atoms with Crippen LogP contribution in [0.15, 0.2) is 65.5 Å². The fourth-order valence-electron chi connectivity index (χ4n) is 4.81. The Bertz CT molecular complexity index is 1090. The molecule has 1 aromatic heterocycles. The molecule has 4 rings (SSSR count). The van der Waals surface area contributed by atoms with Crippen molar-refractivity contribution in [3.05, 3.63) is 77.9 Å². The molecule has 0 atom stereocenters. The van der Waals surface area contributed by atoms with Crippen molar-refractivity contribution < 1.29 is 18.6 Å². The third kappa shape index (κ3) is 5.89. The van der Waals surface area contributed by atoms with Gasteiger partial charge in [0.15, 0.2) is 0 Å². The standard InChI is InChI=1S/C31H41NO4/c1-4-7-13-29-30(27-12-10-11-14-28(27)36-29)31(34-23-24-35-31)25-15-17-26(18-16-25)33-22-21-32(19-8-5-2)20-9-6-3/h10-12,14-18,23-24H,4-9,13,19-22H2,1-3H3. The van der Waals surface area contributed by atoms with E-state index in [1.54, 1.807) is 12.5 Å². The minimum absolute atomic E-state index is 0.681. The summed E-state index contributed by atoms with van der Waals surface area (Å²) in [6.07, 6.45) is 11.1. The largest absolute Gasteiger partial charge is 0.492 e. The van der Waals surface area contributed by atoms with Gasteiger partial charge in [-0.3, -0.25) is 4.90 Å². The first-order valence-electron chi connectivity index (χ1n) is 13.7. The zero-order valence-corrected chi connectivity index (χ0v) is 22.1. The predicted octanol–water partition coefficient (Wildman–Crippen LogP) is 7.78. The van der Waals surface area contributed by atoms with Gasteiger partial charge in [0.1, 0.15) is 36.2 Å². The Balaban J connectivity index is 1.52. The van der Waals surface area contributed by atoms with Crippen molar-refractivity contribution in [2.24, 2.45) is 0 Å². The van der Waals surface area contributed by atoms with Crippen LogP contribution in [0.1, 0.15) is 76.2 Å². The number of ether oxygens (including phenoxy) is 3. The van der Waals surface area contributed by atoms with E-state index in [4.69, 9.17) is 18.6 Å². The van der Waals surface area contributed by atoms with Crippen LogP contribution in [0.2, 0.25) is 0 Å². The first kappa shape index (κ1) is 26.2. The van der Waals surface area contributed by atoms with Crippen LogP contribution in [0.3, 0.4) is 0 Å². The van der Waals surface area contributed by atoms with Crippen molar-refractivity contribution >= 4 is 11.0 Å². The summed E-state index contributed by atoms with van der Waals surface area (Å²) in [6.45, 7) is 10.6. The van der Waals surface area contributed by atoms with Gasteiger partial charge in [-0.1, -0.05) is 58.2 Å². The van der Waals surface area contributed by atoms with Crippen LogP contribution in [0.25, 0.3) is 11.0 Å². The minimum atomic E-state index is -1.06. The van der Waals surface area contributed by atoms with Gasteiger partial charge in [0.2, 0.25) is 0 Å². The lowest BCUT2D eigenvalue weighted by molar-refractivity contribution is -0.112. The van der Waals surface area contributed by atoms with Gasteiger partial charge in [-0.25, -0.2) is 0 Å². The molecule has 0 saturated heterocycles. The van der Waals surface area contributed by atoms with Crippen molar-refractivity contribution in [3.8, 4) is 5.75 Å². The Labute approximate surface area is 216 Å². The molecule has 0 unspecified atom stereocenters. The van der Waals surface area contributed by atoms with Crippen molar-refractivity contribution in [1.82, 2.24) is 4.90 Å². The molecule has 2 heterocycles. The highest BCUT2D eigenvalue weighted by atomic mass is 16.7.